The molecule has 0 aromatic carbocycles. The smallest absolute Gasteiger partial charge is 0.317 e. The molecule has 17 N–H and O–H groups in total. The molecule has 0 saturated carbocycles. The maximum atomic E-state index is 13.8. The fourth-order valence-electron chi connectivity index (χ4n) is 8.20. The Hall–Kier alpha value is -6.27. The molecule has 0 aliphatic rings. The summed E-state index contributed by atoms with van der Waals surface area (Å²) in [7, 11) is 1.48. The van der Waals surface area contributed by atoms with E-state index in [0.29, 0.717) is 19.4 Å². The van der Waals surface area contributed by atoms with Crippen molar-refractivity contribution in [3.05, 3.63) is 0 Å². The van der Waals surface area contributed by atoms with Crippen LogP contribution in [0.5, 0.6) is 0 Å². The quantitative estimate of drug-likeness (QED) is 0.0190. The molecule has 0 aliphatic carbocycles. The van der Waals surface area contributed by atoms with Crippen molar-refractivity contribution in [1.82, 2.24) is 42.1 Å². The zero-order valence-electron chi connectivity index (χ0n) is 47.3. The maximum Gasteiger partial charge on any atom is 0.317 e. The van der Waals surface area contributed by atoms with Crippen LogP contribution in [0, 0.1) is 0 Å². The van der Waals surface area contributed by atoms with Gasteiger partial charge >= 0.3 is 23.9 Å². The van der Waals surface area contributed by atoms with Gasteiger partial charge in [0.1, 0.15) is 24.2 Å². The number of carboxylic acids is 4. The molecule has 5 atom stereocenters. The Bertz CT molecular complexity index is 1860. The van der Waals surface area contributed by atoms with Gasteiger partial charge in [-0.3, -0.25) is 57.8 Å². The Morgan fingerprint density at radius 1 is 0.444 bits per heavy atom. The summed E-state index contributed by atoms with van der Waals surface area (Å²) in [6, 6.07) is -7.24. The minimum atomic E-state index is -1.76. The molecule has 0 radical (unpaired) electrons. The highest BCUT2D eigenvalue weighted by atomic mass is 16.5. The first-order valence-corrected chi connectivity index (χ1v) is 28.2. The van der Waals surface area contributed by atoms with Crippen LogP contribution in [0.15, 0.2) is 4.99 Å². The fraction of sp³-hybridized carbons (Fsp3) is 0.788. The molecule has 0 unspecified atom stereocenters. The van der Waals surface area contributed by atoms with E-state index in [-0.39, 0.29) is 90.0 Å². The highest BCUT2D eigenvalue weighted by molar-refractivity contribution is 5.96. The molecular weight excluding hydrogens is 1070 g/mol. The molecule has 466 valence electrons. The molecule has 0 saturated heterocycles. The van der Waals surface area contributed by atoms with Gasteiger partial charge in [-0.15, -0.1) is 0 Å². The second kappa shape index (κ2) is 48.4. The lowest BCUT2D eigenvalue weighted by Gasteiger charge is -2.26. The van der Waals surface area contributed by atoms with Crippen LogP contribution < -0.4 is 48.7 Å². The number of nitrogens with zero attached hydrogens (tertiary/aromatic N) is 2. The Kier molecular flexibility index (Phi) is 44.7. The molecule has 29 heteroatoms. The van der Waals surface area contributed by atoms with E-state index < -0.39 is 123 Å². The van der Waals surface area contributed by atoms with Gasteiger partial charge < -0.3 is 88.8 Å². The third-order valence-corrected chi connectivity index (χ3v) is 12.6. The summed E-state index contributed by atoms with van der Waals surface area (Å²) in [5.41, 5.74) is 10.7. The molecule has 0 aromatic rings. The number of carboxylic acid groups (broad SMARTS) is 4. The molecule has 29 nitrogen and oxygen atoms in total. The lowest BCUT2D eigenvalue weighted by atomic mass is 10.0. The average molecular weight is 1160 g/mol. The number of carbonyl (C=O) groups excluding carboxylic acids is 6. The van der Waals surface area contributed by atoms with Crippen LogP contribution in [0.1, 0.15) is 148 Å². The van der Waals surface area contributed by atoms with Crippen molar-refractivity contribution in [2.24, 2.45) is 16.5 Å². The summed E-state index contributed by atoms with van der Waals surface area (Å²) in [5.74, 6) is -9.51. The number of unbranched alkanes of at least 4 members (excludes halogenated alkanes) is 14. The molecule has 0 bridgehead atoms. The van der Waals surface area contributed by atoms with Crippen molar-refractivity contribution >= 4 is 65.3 Å². The minimum absolute atomic E-state index is 0.0229. The first kappa shape index (κ1) is 74.7. The van der Waals surface area contributed by atoms with Gasteiger partial charge in [-0.25, -0.2) is 0 Å². The molecule has 0 aliphatic heterocycles. The highest BCUT2D eigenvalue weighted by Crippen LogP contribution is 2.14. The van der Waals surface area contributed by atoms with Crippen molar-refractivity contribution in [2.45, 2.75) is 178 Å². The fourth-order valence-corrected chi connectivity index (χ4v) is 8.20. The van der Waals surface area contributed by atoms with Crippen molar-refractivity contribution in [1.29, 1.82) is 0 Å². The maximum absolute atomic E-state index is 13.8. The first-order valence-electron chi connectivity index (χ1n) is 28.2. The normalized spacial score (nSPS) is 12.9. The number of likely N-dealkylation sites (N-methyl/N-ethyl adjacent to an activating group) is 1. The zero-order chi connectivity index (χ0) is 60.6. The molecule has 0 aromatic heterocycles. The van der Waals surface area contributed by atoms with Gasteiger partial charge in [0.25, 0.3) is 0 Å². The van der Waals surface area contributed by atoms with Crippen LogP contribution in [0.4, 0.5) is 0 Å². The minimum Gasteiger partial charge on any atom is -0.481 e. The largest absolute Gasteiger partial charge is 0.481 e. The number of aliphatic imine (C=N–C) groups is 1. The molecule has 0 spiro atoms. The number of aliphatic hydroxyl groups excluding tert-OH is 2. The Labute approximate surface area is 474 Å². The van der Waals surface area contributed by atoms with Crippen molar-refractivity contribution in [3.8, 4) is 0 Å². The van der Waals surface area contributed by atoms with E-state index >= 15 is 0 Å². The number of rotatable bonds is 54. The van der Waals surface area contributed by atoms with Crippen LogP contribution >= 0.6 is 0 Å². The molecule has 81 heavy (non-hydrogen) atoms. The van der Waals surface area contributed by atoms with Gasteiger partial charge in [0, 0.05) is 38.9 Å². The summed E-state index contributed by atoms with van der Waals surface area (Å²) in [5, 5.41) is 74.2. The highest BCUT2D eigenvalue weighted by Gasteiger charge is 2.32. The number of aliphatic carboxylic acids is 4. The first-order chi connectivity index (χ1) is 38.7. The SMILES string of the molecule is CN[C@@H](CCCN=C(N)N)C(=O)N[C@@H](CCC(=O)O)C(=O)N[C@@H](CCCCN(CC(=O)O)CC(=O)O)C(=O)N[C@@H](CO)C(=O)N[C@@H](CO)C(=O)NCCOCCOCCNC(=O)CCCCCCCCCCCCCCCCC(=O)O. The van der Waals surface area contributed by atoms with Gasteiger partial charge in [-0.05, 0) is 65.0 Å². The van der Waals surface area contributed by atoms with Crippen molar-refractivity contribution in [2.75, 3.05) is 86.0 Å². The number of hydrogen-bond donors (Lipinski definition) is 15. The summed E-state index contributed by atoms with van der Waals surface area (Å²) >= 11 is 0. The van der Waals surface area contributed by atoms with Gasteiger partial charge in [-0.1, -0.05) is 77.0 Å². The van der Waals surface area contributed by atoms with E-state index in [1.807, 2.05) is 0 Å². The van der Waals surface area contributed by atoms with Gasteiger partial charge in [0.15, 0.2) is 5.96 Å². The van der Waals surface area contributed by atoms with E-state index in [9.17, 15) is 73.5 Å². The Morgan fingerprint density at radius 3 is 1.31 bits per heavy atom. The summed E-state index contributed by atoms with van der Waals surface area (Å²) in [6.45, 7) is -2.08. The standard InChI is InChI=1S/C52H95N11O18/c1-55-37(20-18-25-58-52(53)54)48(76)60-39(23-24-44(69)70)50(78)59-38(19-16-17-28-63(33-45(71)72)34-46(73)74)49(77)62-41(36-65)51(79)61-40(35-64)47(75)57-27-30-81-32-31-80-29-26-56-42(66)21-14-12-10-8-6-4-2-3-5-7-9-11-13-15-22-43(67)68/h37-41,55,64-65H,2-36H2,1H3,(H,56,66)(H,57,75)(H,59,78)(H,60,76)(H,61,79)(H,62,77)(H,67,68)(H,69,70)(H,71,72)(H,73,74)(H4,53,54,58)/t37-,38-,39-,40-,41-/m0/s1. The van der Waals surface area contributed by atoms with Crippen LogP contribution in [0.3, 0.4) is 0 Å². The lowest BCUT2D eigenvalue weighted by Crippen LogP contribution is -2.60. The second-order valence-electron chi connectivity index (χ2n) is 19.5. The van der Waals surface area contributed by atoms with E-state index in [1.54, 1.807) is 0 Å². The van der Waals surface area contributed by atoms with E-state index in [4.69, 9.17) is 26.0 Å². The predicted molar refractivity (Wildman–Crippen MR) is 296 cm³/mol. The molecule has 6 amide bonds. The molecule has 0 fully saturated rings. The number of amides is 6. The van der Waals surface area contributed by atoms with Gasteiger partial charge in [-0.2, -0.15) is 0 Å². The monoisotopic (exact) mass is 1160 g/mol. The summed E-state index contributed by atoms with van der Waals surface area (Å²) < 4.78 is 11.0. The Balaban J connectivity index is 5.07. The number of nitrogens with one attached hydrogen (secondary N) is 7. The summed E-state index contributed by atoms with van der Waals surface area (Å²) in [6.07, 6.45) is 15.6. The second-order valence-corrected chi connectivity index (χ2v) is 19.5. The van der Waals surface area contributed by atoms with E-state index in [1.165, 1.54) is 52.0 Å². The molecule has 0 rings (SSSR count). The van der Waals surface area contributed by atoms with E-state index in [2.05, 4.69) is 42.2 Å². The third kappa shape index (κ3) is 42.3. The van der Waals surface area contributed by atoms with Crippen LogP contribution in [0.25, 0.3) is 0 Å². The number of carbonyl (C=O) groups is 10. The van der Waals surface area contributed by atoms with Crippen LogP contribution in [-0.4, -0.2) is 217 Å². The van der Waals surface area contributed by atoms with Crippen LogP contribution in [-0.2, 0) is 57.4 Å². The summed E-state index contributed by atoms with van der Waals surface area (Å²) in [4.78, 5) is 129. The third-order valence-electron chi connectivity index (χ3n) is 12.6. The van der Waals surface area contributed by atoms with Crippen molar-refractivity contribution < 1.29 is 88.1 Å². The number of nitrogens with two attached hydrogens (primary N) is 2. The van der Waals surface area contributed by atoms with E-state index in [0.717, 1.165) is 49.8 Å². The zero-order valence-corrected chi connectivity index (χ0v) is 47.3. The number of aliphatic hydroxyl groups is 2. The lowest BCUT2D eigenvalue weighted by molar-refractivity contribution is -0.142. The molecule has 0 heterocycles. The molecular formula is C52H95N11O18. The van der Waals surface area contributed by atoms with Crippen LogP contribution in [0.2, 0.25) is 0 Å². The number of hydrogen-bond acceptors (Lipinski definition) is 17. The predicted octanol–water partition coefficient (Wildman–Crippen LogP) is -1.35. The van der Waals surface area contributed by atoms with Gasteiger partial charge in [0.2, 0.25) is 35.4 Å². The topological polar surface area (TPSA) is 462 Å². The van der Waals surface area contributed by atoms with Crippen molar-refractivity contribution in [3.63, 3.8) is 0 Å². The number of guanidine groups is 1. The van der Waals surface area contributed by atoms with Gasteiger partial charge in [0.05, 0.1) is 58.8 Å². The number of ether oxygens (including phenoxy) is 2. The average Bonchev–Trinajstić information content (AvgIpc) is 3.40. The Morgan fingerprint density at radius 2 is 0.852 bits per heavy atom.